The molecule has 2 aliphatic rings. The highest BCUT2D eigenvalue weighted by Gasteiger charge is 2.50. The number of hydrogen-bond donors (Lipinski definition) is 5. The Kier molecular flexibility index (Phi) is 4.38. The molecule has 0 bridgehead atoms. The maximum atomic E-state index is 12.5. The maximum absolute atomic E-state index is 12.5. The molecule has 9 heteroatoms. The zero-order chi connectivity index (χ0) is 18.4. The number of aliphatic carboxylic acids is 1. The van der Waals surface area contributed by atoms with Crippen molar-refractivity contribution in [2.75, 3.05) is 0 Å². The Labute approximate surface area is 148 Å². The largest absolute Gasteiger partial charge is 0.508 e. The van der Waals surface area contributed by atoms with Crippen LogP contribution in [0.15, 0.2) is 24.3 Å². The van der Waals surface area contributed by atoms with E-state index in [4.69, 9.17) is 0 Å². The lowest BCUT2D eigenvalue weighted by molar-refractivity contribution is -0.140. The number of hydrogen-bond acceptors (Lipinski definition) is 6. The van der Waals surface area contributed by atoms with Crippen LogP contribution in [0.5, 0.6) is 5.75 Å². The molecule has 0 saturated carbocycles. The molecule has 2 amide bonds. The van der Waals surface area contributed by atoms with Gasteiger partial charge in [0.15, 0.2) is 0 Å². The lowest BCUT2D eigenvalue weighted by Gasteiger charge is -2.32. The van der Waals surface area contributed by atoms with E-state index in [0.717, 1.165) is 0 Å². The van der Waals surface area contributed by atoms with Crippen LogP contribution in [0.4, 0.5) is 0 Å². The molecular formula is C16H19N3O5S. The van der Waals surface area contributed by atoms with Crippen LogP contribution < -0.4 is 16.0 Å². The van der Waals surface area contributed by atoms with E-state index in [0.29, 0.717) is 5.56 Å². The molecule has 0 spiro atoms. The van der Waals surface area contributed by atoms with Gasteiger partial charge in [0.25, 0.3) is 0 Å². The second kappa shape index (κ2) is 6.23. The van der Waals surface area contributed by atoms with Gasteiger partial charge in [-0.1, -0.05) is 12.1 Å². The van der Waals surface area contributed by atoms with E-state index in [1.165, 1.54) is 23.9 Å². The van der Waals surface area contributed by atoms with Crippen molar-refractivity contribution in [2.24, 2.45) is 0 Å². The minimum absolute atomic E-state index is 0.0673. The van der Waals surface area contributed by atoms with Gasteiger partial charge in [-0.15, -0.1) is 11.8 Å². The monoisotopic (exact) mass is 365 g/mol. The van der Waals surface area contributed by atoms with Crippen LogP contribution in [0, 0.1) is 0 Å². The van der Waals surface area contributed by atoms with Crippen LogP contribution in [0.2, 0.25) is 0 Å². The number of carbonyl (C=O) groups is 3. The fraction of sp³-hybridized carbons (Fsp3) is 0.438. The Balaban J connectivity index is 1.75. The normalized spacial score (nSPS) is 31.3. The van der Waals surface area contributed by atoms with E-state index in [-0.39, 0.29) is 17.6 Å². The number of phenols is 1. The van der Waals surface area contributed by atoms with Crippen LogP contribution in [-0.4, -0.2) is 50.2 Å². The highest BCUT2D eigenvalue weighted by atomic mass is 32.2. The van der Waals surface area contributed by atoms with Gasteiger partial charge in [0.05, 0.1) is 5.37 Å². The molecule has 2 heterocycles. The lowest BCUT2D eigenvalue weighted by atomic mass is 10.0. The number of nitrogens with one attached hydrogen (secondary N) is 3. The average Bonchev–Trinajstić information content (AvgIpc) is 2.85. The van der Waals surface area contributed by atoms with Crippen LogP contribution in [0.1, 0.15) is 25.5 Å². The van der Waals surface area contributed by atoms with Crippen molar-refractivity contribution >= 4 is 29.5 Å². The van der Waals surface area contributed by atoms with Crippen molar-refractivity contribution in [3.8, 4) is 5.75 Å². The maximum Gasteiger partial charge on any atom is 0.322 e. The third-order valence-electron chi connectivity index (χ3n) is 4.36. The summed E-state index contributed by atoms with van der Waals surface area (Å²) in [5, 5.41) is 26.4. The van der Waals surface area contributed by atoms with Crippen molar-refractivity contribution in [1.29, 1.82) is 0 Å². The molecule has 3 rings (SSSR count). The predicted octanol–water partition coefficient (Wildman–Crippen LogP) is -0.0578. The molecular weight excluding hydrogens is 346 g/mol. The first-order valence-corrected chi connectivity index (χ1v) is 8.63. The topological polar surface area (TPSA) is 128 Å². The lowest BCUT2D eigenvalue weighted by Crippen LogP contribution is -2.63. The number of carbonyl (C=O) groups excluding carboxylic acids is 2. The van der Waals surface area contributed by atoms with Gasteiger partial charge < -0.3 is 20.8 Å². The van der Waals surface area contributed by atoms with Crippen LogP contribution in [0.25, 0.3) is 0 Å². The molecule has 2 fully saturated rings. The van der Waals surface area contributed by atoms with E-state index < -0.39 is 34.2 Å². The zero-order valence-electron chi connectivity index (χ0n) is 13.6. The zero-order valence-corrected chi connectivity index (χ0v) is 14.5. The Morgan fingerprint density at radius 3 is 2.32 bits per heavy atom. The van der Waals surface area contributed by atoms with Crippen LogP contribution in [-0.2, 0) is 14.4 Å². The summed E-state index contributed by atoms with van der Waals surface area (Å²) < 4.78 is -0.616. The van der Waals surface area contributed by atoms with Crippen molar-refractivity contribution in [1.82, 2.24) is 16.0 Å². The molecule has 25 heavy (non-hydrogen) atoms. The summed E-state index contributed by atoms with van der Waals surface area (Å²) in [5.41, 5.74) is 0.554. The van der Waals surface area contributed by atoms with Gasteiger partial charge >= 0.3 is 5.97 Å². The van der Waals surface area contributed by atoms with Crippen molar-refractivity contribution in [3.05, 3.63) is 29.8 Å². The van der Waals surface area contributed by atoms with Gasteiger partial charge in [-0.3, -0.25) is 19.7 Å². The number of benzene rings is 1. The van der Waals surface area contributed by atoms with E-state index in [1.54, 1.807) is 26.0 Å². The van der Waals surface area contributed by atoms with Gasteiger partial charge in [-0.2, -0.15) is 0 Å². The van der Waals surface area contributed by atoms with Gasteiger partial charge in [0.1, 0.15) is 23.9 Å². The molecule has 4 atom stereocenters. The van der Waals surface area contributed by atoms with E-state index in [1.807, 2.05) is 0 Å². The molecule has 2 saturated heterocycles. The summed E-state index contributed by atoms with van der Waals surface area (Å²) >= 11 is 1.32. The molecule has 1 aromatic carbocycles. The summed E-state index contributed by atoms with van der Waals surface area (Å²) in [5.74, 6) is -1.69. The van der Waals surface area contributed by atoms with Crippen LogP contribution in [0.3, 0.4) is 0 Å². The number of carboxylic acid groups (broad SMARTS) is 1. The molecule has 0 radical (unpaired) electrons. The predicted molar refractivity (Wildman–Crippen MR) is 90.9 cm³/mol. The number of piperazine rings is 1. The first-order chi connectivity index (χ1) is 11.7. The van der Waals surface area contributed by atoms with E-state index >= 15 is 0 Å². The molecule has 134 valence electrons. The second-order valence-corrected chi connectivity index (χ2v) is 8.39. The van der Waals surface area contributed by atoms with Gasteiger partial charge in [-0.05, 0) is 31.5 Å². The Morgan fingerprint density at radius 2 is 1.76 bits per heavy atom. The van der Waals surface area contributed by atoms with Gasteiger partial charge in [0, 0.05) is 4.75 Å². The molecule has 2 unspecified atom stereocenters. The summed E-state index contributed by atoms with van der Waals surface area (Å²) in [6, 6.07) is 3.47. The first-order valence-electron chi connectivity index (χ1n) is 7.75. The number of aromatic hydroxyl groups is 1. The number of rotatable bonds is 3. The fourth-order valence-electron chi connectivity index (χ4n) is 3.04. The van der Waals surface area contributed by atoms with E-state index in [2.05, 4.69) is 16.0 Å². The second-order valence-electron chi connectivity index (χ2n) is 6.60. The minimum atomic E-state index is -0.996. The Bertz CT molecular complexity index is 721. The highest BCUT2D eigenvalue weighted by molar-refractivity contribution is 8.01. The molecule has 2 aliphatic heterocycles. The minimum Gasteiger partial charge on any atom is -0.508 e. The smallest absolute Gasteiger partial charge is 0.322 e. The molecule has 5 N–H and O–H groups in total. The van der Waals surface area contributed by atoms with Gasteiger partial charge in [-0.25, -0.2) is 0 Å². The van der Waals surface area contributed by atoms with Crippen molar-refractivity contribution in [2.45, 2.75) is 42.1 Å². The molecule has 8 nitrogen and oxygen atoms in total. The summed E-state index contributed by atoms with van der Waals surface area (Å²) in [6.45, 7) is 3.57. The molecule has 0 aliphatic carbocycles. The van der Waals surface area contributed by atoms with E-state index in [9.17, 15) is 24.6 Å². The Morgan fingerprint density at radius 1 is 1.12 bits per heavy atom. The third-order valence-corrected chi connectivity index (χ3v) is 5.87. The summed E-state index contributed by atoms with van der Waals surface area (Å²) in [7, 11) is 0. The Hall–Kier alpha value is -2.26. The summed E-state index contributed by atoms with van der Waals surface area (Å²) in [4.78, 5) is 36.3. The number of phenolic OH excluding ortho intramolecular Hbond substituents is 1. The molecule has 1 aromatic rings. The SMILES string of the molecule is CC1(C)S[C@H]([C@H]2NC(=O)C(c3ccc(O)cc3)NC2=O)NC1C(=O)O. The first kappa shape index (κ1) is 17.6. The summed E-state index contributed by atoms with van der Waals surface area (Å²) in [6.07, 6.45) is 0. The van der Waals surface area contributed by atoms with Crippen LogP contribution >= 0.6 is 11.8 Å². The quantitative estimate of drug-likeness (QED) is 0.508. The molecule has 0 aromatic heterocycles. The van der Waals surface area contributed by atoms with Crippen molar-refractivity contribution < 1.29 is 24.6 Å². The fourth-order valence-corrected chi connectivity index (χ4v) is 4.53. The number of thioether (sulfide) groups is 1. The van der Waals surface area contributed by atoms with Gasteiger partial charge in [0.2, 0.25) is 11.8 Å². The standard InChI is InChI=1S/C16H19N3O5S/c1-16(2)11(15(23)24)19-14(25-16)10-13(22)17-9(12(21)18-10)7-3-5-8(20)6-4-7/h3-6,9-11,14,19-20H,1-2H3,(H,17,22)(H,18,21)(H,23,24)/t9?,10-,11?,14+/m0/s1. The van der Waals surface area contributed by atoms with Crippen molar-refractivity contribution in [3.63, 3.8) is 0 Å². The third kappa shape index (κ3) is 3.29. The number of amides is 2. The highest BCUT2D eigenvalue weighted by Crippen LogP contribution is 2.39. The average molecular weight is 365 g/mol. The number of carboxylic acids is 1.